The van der Waals surface area contributed by atoms with Gasteiger partial charge in [0.25, 0.3) is 0 Å². The Labute approximate surface area is 122 Å². The van der Waals surface area contributed by atoms with Gasteiger partial charge < -0.3 is 5.73 Å². The fourth-order valence-corrected chi connectivity index (χ4v) is 3.54. The zero-order chi connectivity index (χ0) is 16.4. The van der Waals surface area contributed by atoms with Crippen LogP contribution in [0, 0.1) is 22.9 Å². The SMILES string of the molecule is CCN(CC(C)(C)CN)S(=O)(=O)c1c(F)cc(F)cc1F. The first-order valence-electron chi connectivity index (χ1n) is 6.40. The van der Waals surface area contributed by atoms with Gasteiger partial charge in [-0.25, -0.2) is 21.6 Å². The highest BCUT2D eigenvalue weighted by atomic mass is 32.2. The van der Waals surface area contributed by atoms with Crippen molar-refractivity contribution in [3.05, 3.63) is 29.6 Å². The Morgan fingerprint density at radius 1 is 1.19 bits per heavy atom. The van der Waals surface area contributed by atoms with Crippen LogP contribution in [0.5, 0.6) is 0 Å². The molecule has 0 unspecified atom stereocenters. The lowest BCUT2D eigenvalue weighted by molar-refractivity contribution is 0.271. The second-order valence-corrected chi connectivity index (χ2v) is 7.37. The van der Waals surface area contributed by atoms with Gasteiger partial charge in [-0.2, -0.15) is 4.31 Å². The number of sulfonamides is 1. The molecule has 0 radical (unpaired) electrons. The molecule has 120 valence electrons. The first-order chi connectivity index (χ1) is 9.55. The van der Waals surface area contributed by atoms with Gasteiger partial charge in [-0.15, -0.1) is 0 Å². The summed E-state index contributed by atoms with van der Waals surface area (Å²) in [5, 5.41) is 0. The zero-order valence-electron chi connectivity index (χ0n) is 12.2. The molecule has 1 rings (SSSR count). The van der Waals surface area contributed by atoms with E-state index in [0.29, 0.717) is 12.1 Å². The molecule has 0 bridgehead atoms. The summed E-state index contributed by atoms with van der Waals surface area (Å²) in [6.07, 6.45) is 0. The van der Waals surface area contributed by atoms with Gasteiger partial charge in [0.05, 0.1) is 0 Å². The second kappa shape index (κ2) is 6.33. The van der Waals surface area contributed by atoms with Gasteiger partial charge in [-0.3, -0.25) is 0 Å². The maximum Gasteiger partial charge on any atom is 0.248 e. The Hall–Kier alpha value is -1.12. The van der Waals surface area contributed by atoms with Crippen LogP contribution < -0.4 is 5.73 Å². The lowest BCUT2D eigenvalue weighted by Crippen LogP contribution is -2.42. The first kappa shape index (κ1) is 17.9. The van der Waals surface area contributed by atoms with E-state index in [1.54, 1.807) is 20.8 Å². The van der Waals surface area contributed by atoms with E-state index in [0.717, 1.165) is 4.31 Å². The van der Waals surface area contributed by atoms with E-state index in [4.69, 9.17) is 5.73 Å². The highest BCUT2D eigenvalue weighted by molar-refractivity contribution is 7.89. The summed E-state index contributed by atoms with van der Waals surface area (Å²) in [5.41, 5.74) is 4.99. The average molecular weight is 324 g/mol. The number of hydrogen-bond donors (Lipinski definition) is 1. The summed E-state index contributed by atoms with van der Waals surface area (Å²) in [6.45, 7) is 5.24. The van der Waals surface area contributed by atoms with Crippen LogP contribution in [-0.4, -0.2) is 32.4 Å². The van der Waals surface area contributed by atoms with Crippen molar-refractivity contribution in [1.82, 2.24) is 4.31 Å². The molecule has 2 N–H and O–H groups in total. The lowest BCUT2D eigenvalue weighted by Gasteiger charge is -2.30. The van der Waals surface area contributed by atoms with E-state index >= 15 is 0 Å². The molecule has 4 nitrogen and oxygen atoms in total. The minimum atomic E-state index is -4.41. The van der Waals surface area contributed by atoms with Gasteiger partial charge in [0.15, 0.2) is 4.90 Å². The highest BCUT2D eigenvalue weighted by Gasteiger charge is 2.33. The molecule has 0 aliphatic rings. The maximum atomic E-state index is 13.7. The predicted octanol–water partition coefficient (Wildman–Crippen LogP) is 2.10. The zero-order valence-corrected chi connectivity index (χ0v) is 13.0. The fraction of sp³-hybridized carbons (Fsp3) is 0.538. The van der Waals surface area contributed by atoms with Crippen molar-refractivity contribution in [2.24, 2.45) is 11.1 Å². The number of hydrogen-bond acceptors (Lipinski definition) is 3. The molecule has 0 saturated heterocycles. The highest BCUT2D eigenvalue weighted by Crippen LogP contribution is 2.26. The summed E-state index contributed by atoms with van der Waals surface area (Å²) < 4.78 is 66.0. The molecule has 0 atom stereocenters. The van der Waals surface area contributed by atoms with E-state index in [-0.39, 0.29) is 19.6 Å². The smallest absolute Gasteiger partial charge is 0.248 e. The van der Waals surface area contributed by atoms with Crippen LogP contribution in [0.3, 0.4) is 0 Å². The lowest BCUT2D eigenvalue weighted by atomic mass is 9.94. The van der Waals surface area contributed by atoms with E-state index in [1.165, 1.54) is 0 Å². The van der Waals surface area contributed by atoms with Gasteiger partial charge in [-0.05, 0) is 12.0 Å². The normalized spacial score (nSPS) is 13.0. The predicted molar refractivity (Wildman–Crippen MR) is 73.6 cm³/mol. The Morgan fingerprint density at radius 3 is 2.05 bits per heavy atom. The van der Waals surface area contributed by atoms with Crippen molar-refractivity contribution < 1.29 is 21.6 Å². The standard InChI is InChI=1S/C13H19F3N2O2S/c1-4-18(8-13(2,3)7-17)21(19,20)12-10(15)5-9(14)6-11(12)16/h5-6H,4,7-8,17H2,1-3H3. The van der Waals surface area contributed by atoms with Crippen LogP contribution in [0.15, 0.2) is 17.0 Å². The summed E-state index contributed by atoms with van der Waals surface area (Å²) >= 11 is 0. The molecule has 0 amide bonds. The van der Waals surface area contributed by atoms with Gasteiger partial charge in [0.2, 0.25) is 10.0 Å². The third kappa shape index (κ3) is 3.96. The van der Waals surface area contributed by atoms with Crippen molar-refractivity contribution in [1.29, 1.82) is 0 Å². The van der Waals surface area contributed by atoms with Gasteiger partial charge in [0.1, 0.15) is 17.5 Å². The molecule has 0 saturated carbocycles. The van der Waals surface area contributed by atoms with Gasteiger partial charge >= 0.3 is 0 Å². The fourth-order valence-electron chi connectivity index (χ4n) is 1.81. The van der Waals surface area contributed by atoms with Crippen LogP contribution in [0.25, 0.3) is 0 Å². The van der Waals surface area contributed by atoms with Crippen molar-refractivity contribution in [2.45, 2.75) is 25.7 Å². The Bertz CT molecular complexity index is 595. The number of nitrogens with zero attached hydrogens (tertiary/aromatic N) is 1. The second-order valence-electron chi connectivity index (χ2n) is 5.50. The van der Waals surface area contributed by atoms with E-state index < -0.39 is 37.8 Å². The van der Waals surface area contributed by atoms with Crippen LogP contribution >= 0.6 is 0 Å². The average Bonchev–Trinajstić information content (AvgIpc) is 2.34. The molecule has 1 aromatic carbocycles. The topological polar surface area (TPSA) is 63.4 Å². The molecule has 21 heavy (non-hydrogen) atoms. The molecule has 0 fully saturated rings. The summed E-state index contributed by atoms with van der Waals surface area (Å²) in [7, 11) is -4.41. The molecular weight excluding hydrogens is 305 g/mol. The molecule has 0 aromatic heterocycles. The summed E-state index contributed by atoms with van der Waals surface area (Å²) in [4.78, 5) is -1.14. The minimum absolute atomic E-state index is 0.00140. The van der Waals surface area contributed by atoms with E-state index in [2.05, 4.69) is 0 Å². The molecule has 0 aliphatic heterocycles. The number of nitrogens with two attached hydrogens (primary N) is 1. The van der Waals surface area contributed by atoms with Crippen LogP contribution in [0.4, 0.5) is 13.2 Å². The summed E-state index contributed by atoms with van der Waals surface area (Å²) in [6, 6.07) is 0.690. The summed E-state index contributed by atoms with van der Waals surface area (Å²) in [5.74, 6) is -4.07. The third-order valence-corrected chi connectivity index (χ3v) is 5.04. The molecule has 1 aromatic rings. The van der Waals surface area contributed by atoms with Crippen LogP contribution in [0.1, 0.15) is 20.8 Å². The molecular formula is C13H19F3N2O2S. The van der Waals surface area contributed by atoms with Crippen molar-refractivity contribution in [3.63, 3.8) is 0 Å². The van der Waals surface area contributed by atoms with Crippen LogP contribution in [-0.2, 0) is 10.0 Å². The van der Waals surface area contributed by atoms with Crippen molar-refractivity contribution in [3.8, 4) is 0 Å². The quantitative estimate of drug-likeness (QED) is 0.871. The number of benzene rings is 1. The molecule has 0 spiro atoms. The number of halogens is 3. The first-order valence-corrected chi connectivity index (χ1v) is 7.84. The monoisotopic (exact) mass is 324 g/mol. The maximum absolute atomic E-state index is 13.7. The molecule has 0 aliphatic carbocycles. The van der Waals surface area contributed by atoms with Crippen molar-refractivity contribution >= 4 is 10.0 Å². The Kier molecular flexibility index (Phi) is 5.40. The van der Waals surface area contributed by atoms with Gasteiger partial charge in [0, 0.05) is 25.2 Å². The Balaban J connectivity index is 3.32. The largest absolute Gasteiger partial charge is 0.330 e. The number of rotatable bonds is 6. The van der Waals surface area contributed by atoms with Crippen LogP contribution in [0.2, 0.25) is 0 Å². The van der Waals surface area contributed by atoms with E-state index in [1.807, 2.05) is 0 Å². The van der Waals surface area contributed by atoms with E-state index in [9.17, 15) is 21.6 Å². The Morgan fingerprint density at radius 2 is 1.67 bits per heavy atom. The van der Waals surface area contributed by atoms with Gasteiger partial charge in [-0.1, -0.05) is 20.8 Å². The minimum Gasteiger partial charge on any atom is -0.330 e. The van der Waals surface area contributed by atoms with Crippen molar-refractivity contribution in [2.75, 3.05) is 19.6 Å². The molecule has 8 heteroatoms. The third-order valence-electron chi connectivity index (χ3n) is 3.07. The molecule has 0 heterocycles.